The number of aryl methyl sites for hydroxylation is 1. The summed E-state index contributed by atoms with van der Waals surface area (Å²) in [5.41, 5.74) is 13.9. The quantitative estimate of drug-likeness (QED) is 0.185. The fraction of sp³-hybridized carbons (Fsp3) is 0.0417. The Kier molecular flexibility index (Phi) is 6.95. The third-order valence-electron chi connectivity index (χ3n) is 10.4. The molecule has 0 unspecified atom stereocenters. The summed E-state index contributed by atoms with van der Waals surface area (Å²) < 4.78 is 2.31. The van der Waals surface area contributed by atoms with Gasteiger partial charge in [-0.25, -0.2) is 9.97 Å². The number of hydrogen-bond donors (Lipinski definition) is 0. The van der Waals surface area contributed by atoms with E-state index in [-0.39, 0.29) is 0 Å². The lowest BCUT2D eigenvalue weighted by Gasteiger charge is -2.17. The molecular formula is C48H33N3. The van der Waals surface area contributed by atoms with Crippen molar-refractivity contribution in [1.82, 2.24) is 14.5 Å². The molecule has 1 aliphatic rings. The molecule has 7 aromatic carbocycles. The Balaban J connectivity index is 1.17. The third kappa shape index (κ3) is 5.05. The van der Waals surface area contributed by atoms with Gasteiger partial charge in [0.1, 0.15) is 0 Å². The van der Waals surface area contributed by atoms with Gasteiger partial charge in [0.15, 0.2) is 0 Å². The molecule has 51 heavy (non-hydrogen) atoms. The predicted octanol–water partition coefficient (Wildman–Crippen LogP) is 12.2. The van der Waals surface area contributed by atoms with E-state index in [1.807, 2.05) is 0 Å². The first-order chi connectivity index (χ1) is 25.3. The Morgan fingerprint density at radius 3 is 1.88 bits per heavy atom. The van der Waals surface area contributed by atoms with Crippen LogP contribution in [0.1, 0.15) is 23.2 Å². The second-order valence-electron chi connectivity index (χ2n) is 13.3. The number of nitrogens with zero attached hydrogens (tertiary/aromatic N) is 3. The zero-order chi connectivity index (χ0) is 33.7. The van der Waals surface area contributed by atoms with E-state index in [1.165, 1.54) is 55.2 Å². The van der Waals surface area contributed by atoms with Crippen LogP contribution < -0.4 is 0 Å². The van der Waals surface area contributed by atoms with Crippen molar-refractivity contribution in [3.05, 3.63) is 187 Å². The Morgan fingerprint density at radius 2 is 1.08 bits per heavy atom. The van der Waals surface area contributed by atoms with Crippen molar-refractivity contribution >= 4 is 44.2 Å². The van der Waals surface area contributed by atoms with Gasteiger partial charge in [-0.1, -0.05) is 152 Å². The summed E-state index contributed by atoms with van der Waals surface area (Å²) in [5.74, 6) is 0.688. The second kappa shape index (κ2) is 12.1. The largest absolute Gasteiger partial charge is 0.278 e. The molecule has 3 heteroatoms. The van der Waals surface area contributed by atoms with Gasteiger partial charge in [-0.05, 0) is 86.8 Å². The average Bonchev–Trinajstić information content (AvgIpc) is 3.55. The fourth-order valence-electron chi connectivity index (χ4n) is 7.87. The average molecular weight is 652 g/mol. The molecule has 10 rings (SSSR count). The van der Waals surface area contributed by atoms with Gasteiger partial charge in [0, 0.05) is 16.3 Å². The maximum Gasteiger partial charge on any atom is 0.235 e. The highest BCUT2D eigenvalue weighted by Gasteiger charge is 2.25. The molecule has 0 saturated carbocycles. The molecule has 0 amide bonds. The van der Waals surface area contributed by atoms with Crippen molar-refractivity contribution in [2.75, 3.05) is 0 Å². The van der Waals surface area contributed by atoms with Gasteiger partial charge >= 0.3 is 0 Å². The van der Waals surface area contributed by atoms with Gasteiger partial charge in [0.25, 0.3) is 0 Å². The molecule has 1 aliphatic carbocycles. The zero-order valence-electron chi connectivity index (χ0n) is 28.0. The number of hydrogen-bond acceptors (Lipinski definition) is 2. The summed E-state index contributed by atoms with van der Waals surface area (Å²) >= 11 is 0. The lowest BCUT2D eigenvalue weighted by molar-refractivity contribution is 0.935. The molecule has 2 heterocycles. The van der Waals surface area contributed by atoms with Crippen molar-refractivity contribution in [2.45, 2.75) is 12.8 Å². The van der Waals surface area contributed by atoms with Crippen LogP contribution in [0, 0.1) is 0 Å². The van der Waals surface area contributed by atoms with E-state index < -0.39 is 0 Å². The summed E-state index contributed by atoms with van der Waals surface area (Å²) in [6.07, 6.45) is 4.32. The van der Waals surface area contributed by atoms with Gasteiger partial charge in [0.2, 0.25) is 5.95 Å². The number of para-hydroxylation sites is 1. The molecule has 9 aromatic rings. The maximum absolute atomic E-state index is 5.46. The van der Waals surface area contributed by atoms with Crippen molar-refractivity contribution in [2.24, 2.45) is 0 Å². The molecule has 0 fully saturated rings. The second-order valence-corrected chi connectivity index (χ2v) is 13.3. The molecule has 0 radical (unpaired) electrons. The number of benzene rings is 7. The van der Waals surface area contributed by atoms with Gasteiger partial charge in [-0.3, -0.25) is 4.57 Å². The van der Waals surface area contributed by atoms with E-state index in [0.717, 1.165) is 46.1 Å². The molecule has 3 nitrogen and oxygen atoms in total. The summed E-state index contributed by atoms with van der Waals surface area (Å²) in [6.45, 7) is 0. The first-order valence-corrected chi connectivity index (χ1v) is 17.6. The minimum absolute atomic E-state index is 0.688. The number of fused-ring (bicyclic) bond motifs is 6. The number of aromatic nitrogens is 3. The standard InChI is InChI=1S/C48H33N3/c1-3-12-32(13-4-1)34-22-24-35(25-23-34)37-17-11-18-39(30-37)47-41-20-9-10-21-43(41)49-48(50-47)51-44-29-27-36-16-7-8-19-40(36)46(44)42-28-26-38(31-45(42)51)33-14-5-2-6-15-33/h1-25,27,29-31H,26,28H2. The van der Waals surface area contributed by atoms with E-state index in [1.54, 1.807) is 0 Å². The molecule has 0 aliphatic heterocycles. The zero-order valence-corrected chi connectivity index (χ0v) is 28.0. The Bertz CT molecular complexity index is 2770. The van der Waals surface area contributed by atoms with E-state index in [9.17, 15) is 0 Å². The van der Waals surface area contributed by atoms with Crippen LogP contribution in [0.5, 0.6) is 0 Å². The highest BCUT2D eigenvalue weighted by atomic mass is 15.2. The molecule has 0 saturated heterocycles. The van der Waals surface area contributed by atoms with Crippen molar-refractivity contribution in [3.63, 3.8) is 0 Å². The van der Waals surface area contributed by atoms with Crippen LogP contribution in [-0.4, -0.2) is 14.5 Å². The van der Waals surface area contributed by atoms with Crippen molar-refractivity contribution in [1.29, 1.82) is 0 Å². The first-order valence-electron chi connectivity index (χ1n) is 17.6. The lowest BCUT2D eigenvalue weighted by Crippen LogP contribution is -2.07. The first kappa shape index (κ1) is 29.3. The van der Waals surface area contributed by atoms with Crippen LogP contribution in [0.25, 0.3) is 83.7 Å². The number of rotatable bonds is 5. The SMILES string of the molecule is C1=C(c2ccccc2)CCc2c1n(-c1nc(-c3cccc(-c4ccc(-c5ccccc5)cc4)c3)c3ccccc3n1)c1ccc3ccccc3c21. The molecule has 0 spiro atoms. The van der Waals surface area contributed by atoms with Crippen LogP contribution in [0.3, 0.4) is 0 Å². The highest BCUT2D eigenvalue weighted by molar-refractivity contribution is 6.11. The Labute approximate surface area is 296 Å². The van der Waals surface area contributed by atoms with Gasteiger partial charge in [-0.2, -0.15) is 0 Å². The van der Waals surface area contributed by atoms with Crippen LogP contribution in [0.4, 0.5) is 0 Å². The summed E-state index contributed by atoms with van der Waals surface area (Å²) in [7, 11) is 0. The fourth-order valence-corrected chi connectivity index (χ4v) is 7.87. The Morgan fingerprint density at radius 1 is 0.451 bits per heavy atom. The topological polar surface area (TPSA) is 30.7 Å². The van der Waals surface area contributed by atoms with E-state index in [2.05, 4.69) is 181 Å². The van der Waals surface area contributed by atoms with Crippen LogP contribution in [0.15, 0.2) is 170 Å². The minimum atomic E-state index is 0.688. The van der Waals surface area contributed by atoms with E-state index in [4.69, 9.17) is 9.97 Å². The van der Waals surface area contributed by atoms with E-state index >= 15 is 0 Å². The smallest absolute Gasteiger partial charge is 0.235 e. The third-order valence-corrected chi connectivity index (χ3v) is 10.4. The predicted molar refractivity (Wildman–Crippen MR) is 213 cm³/mol. The minimum Gasteiger partial charge on any atom is -0.278 e. The van der Waals surface area contributed by atoms with Gasteiger partial charge in [-0.15, -0.1) is 0 Å². The summed E-state index contributed by atoms with van der Waals surface area (Å²) in [4.78, 5) is 10.7. The van der Waals surface area contributed by atoms with Gasteiger partial charge < -0.3 is 0 Å². The molecule has 0 bridgehead atoms. The lowest BCUT2D eigenvalue weighted by atomic mass is 9.90. The molecule has 0 N–H and O–H groups in total. The molecule has 240 valence electrons. The maximum atomic E-state index is 5.46. The number of allylic oxidation sites excluding steroid dienone is 1. The van der Waals surface area contributed by atoms with Crippen LogP contribution >= 0.6 is 0 Å². The van der Waals surface area contributed by atoms with Crippen LogP contribution in [-0.2, 0) is 6.42 Å². The highest BCUT2D eigenvalue weighted by Crippen LogP contribution is 2.41. The van der Waals surface area contributed by atoms with Gasteiger partial charge in [0.05, 0.1) is 22.4 Å². The molecule has 0 atom stereocenters. The van der Waals surface area contributed by atoms with Crippen LogP contribution in [0.2, 0.25) is 0 Å². The molecule has 2 aromatic heterocycles. The summed E-state index contributed by atoms with van der Waals surface area (Å²) in [6, 6.07) is 60.5. The Hall–Kier alpha value is -6.58. The van der Waals surface area contributed by atoms with E-state index in [0.29, 0.717) is 5.95 Å². The van der Waals surface area contributed by atoms with Crippen molar-refractivity contribution < 1.29 is 0 Å². The monoisotopic (exact) mass is 651 g/mol. The van der Waals surface area contributed by atoms with Crippen molar-refractivity contribution in [3.8, 4) is 39.5 Å². The normalized spacial score (nSPS) is 12.7. The molecular weight excluding hydrogens is 619 g/mol. The summed E-state index contributed by atoms with van der Waals surface area (Å²) in [5, 5.41) is 4.85.